The van der Waals surface area contributed by atoms with Gasteiger partial charge in [0.2, 0.25) is 0 Å². The van der Waals surface area contributed by atoms with Crippen LogP contribution in [0.15, 0.2) is 48.0 Å². The Morgan fingerprint density at radius 3 is 2.78 bits per heavy atom. The molecule has 8 heteroatoms. The summed E-state index contributed by atoms with van der Waals surface area (Å²) >= 11 is 0. The molecule has 0 aliphatic rings. The van der Waals surface area contributed by atoms with Crippen LogP contribution in [0.1, 0.15) is 11.7 Å². The molecule has 1 unspecified atom stereocenters. The Labute approximate surface area is 134 Å². The molecule has 0 spiro atoms. The number of aromatic nitrogens is 3. The zero-order chi connectivity index (χ0) is 16.6. The second kappa shape index (κ2) is 5.80. The van der Waals surface area contributed by atoms with E-state index in [4.69, 9.17) is 0 Å². The minimum Gasteiger partial charge on any atom is -0.387 e. The third kappa shape index (κ3) is 3.14. The molecule has 0 bridgehead atoms. The highest BCUT2D eigenvalue weighted by molar-refractivity contribution is 7.89. The second-order valence-electron chi connectivity index (χ2n) is 5.49. The molecule has 0 aliphatic carbocycles. The molecule has 1 atom stereocenters. The molecule has 2 heterocycles. The summed E-state index contributed by atoms with van der Waals surface area (Å²) in [4.78, 5) is 3.81. The zero-order valence-corrected chi connectivity index (χ0v) is 13.7. The van der Waals surface area contributed by atoms with Crippen molar-refractivity contribution < 1.29 is 13.5 Å². The molecule has 0 radical (unpaired) electrons. The van der Waals surface area contributed by atoms with Crippen LogP contribution in [-0.2, 0) is 24.1 Å². The van der Waals surface area contributed by atoms with Crippen molar-refractivity contribution in [3.63, 3.8) is 0 Å². The minimum atomic E-state index is -3.73. The quantitative estimate of drug-likeness (QED) is 0.726. The summed E-state index contributed by atoms with van der Waals surface area (Å²) in [6.45, 7) is -0.114. The van der Waals surface area contributed by atoms with Gasteiger partial charge in [-0.1, -0.05) is 6.07 Å². The number of fused-ring (bicyclic) bond motifs is 1. The monoisotopic (exact) mass is 334 g/mol. The van der Waals surface area contributed by atoms with Crippen molar-refractivity contribution in [3.05, 3.63) is 48.5 Å². The molecule has 3 rings (SSSR count). The number of aliphatic hydroxyl groups excluding tert-OH is 1. The van der Waals surface area contributed by atoms with Gasteiger partial charge in [-0.3, -0.25) is 0 Å². The van der Waals surface area contributed by atoms with E-state index in [1.54, 1.807) is 17.7 Å². The van der Waals surface area contributed by atoms with Crippen molar-refractivity contribution >= 4 is 20.9 Å². The third-order valence-electron chi connectivity index (χ3n) is 3.72. The SMILES string of the molecule is Cn1cnc(S(=O)(=O)NCC(O)c2ccc3c(ccn3C)c2)c1. The molecule has 23 heavy (non-hydrogen) atoms. The van der Waals surface area contributed by atoms with Gasteiger partial charge in [-0.2, -0.15) is 0 Å². The Morgan fingerprint density at radius 1 is 1.30 bits per heavy atom. The lowest BCUT2D eigenvalue weighted by Gasteiger charge is -2.12. The lowest BCUT2D eigenvalue weighted by Crippen LogP contribution is -2.28. The van der Waals surface area contributed by atoms with Gasteiger partial charge in [-0.15, -0.1) is 0 Å². The Morgan fingerprint density at radius 2 is 2.09 bits per heavy atom. The van der Waals surface area contributed by atoms with Crippen LogP contribution < -0.4 is 4.72 Å². The van der Waals surface area contributed by atoms with E-state index in [1.807, 2.05) is 36.0 Å². The van der Waals surface area contributed by atoms with Crippen molar-refractivity contribution in [1.29, 1.82) is 0 Å². The van der Waals surface area contributed by atoms with Gasteiger partial charge in [0.25, 0.3) is 10.0 Å². The van der Waals surface area contributed by atoms with E-state index >= 15 is 0 Å². The summed E-state index contributed by atoms with van der Waals surface area (Å²) in [5.41, 5.74) is 1.71. The first-order valence-corrected chi connectivity index (χ1v) is 8.56. The Kier molecular flexibility index (Phi) is 3.97. The van der Waals surface area contributed by atoms with E-state index in [-0.39, 0.29) is 11.6 Å². The lowest BCUT2D eigenvalue weighted by molar-refractivity contribution is 0.182. The fourth-order valence-electron chi connectivity index (χ4n) is 2.42. The number of aliphatic hydroxyl groups is 1. The van der Waals surface area contributed by atoms with Gasteiger partial charge >= 0.3 is 0 Å². The number of nitrogens with one attached hydrogen (secondary N) is 1. The number of benzene rings is 1. The van der Waals surface area contributed by atoms with Gasteiger partial charge in [-0.05, 0) is 29.1 Å². The molecule has 0 saturated carbocycles. The normalized spacial score (nSPS) is 13.5. The van der Waals surface area contributed by atoms with E-state index in [0.29, 0.717) is 5.56 Å². The van der Waals surface area contributed by atoms with Crippen LogP contribution in [0.4, 0.5) is 0 Å². The summed E-state index contributed by atoms with van der Waals surface area (Å²) in [6, 6.07) is 7.50. The lowest BCUT2D eigenvalue weighted by atomic mass is 10.1. The Balaban J connectivity index is 1.74. The summed E-state index contributed by atoms with van der Waals surface area (Å²) in [7, 11) is -0.0927. The summed E-state index contributed by atoms with van der Waals surface area (Å²) in [5.74, 6) is 0. The molecular formula is C15H18N4O3S. The molecular weight excluding hydrogens is 316 g/mol. The number of nitrogens with zero attached hydrogens (tertiary/aromatic N) is 3. The zero-order valence-electron chi connectivity index (χ0n) is 12.8. The van der Waals surface area contributed by atoms with E-state index < -0.39 is 16.1 Å². The summed E-state index contributed by atoms with van der Waals surface area (Å²) in [6.07, 6.45) is 3.82. The van der Waals surface area contributed by atoms with Crippen molar-refractivity contribution in [2.45, 2.75) is 11.1 Å². The first kappa shape index (κ1) is 15.7. The van der Waals surface area contributed by atoms with Crippen molar-refractivity contribution in [3.8, 4) is 0 Å². The van der Waals surface area contributed by atoms with Crippen LogP contribution in [0, 0.1) is 0 Å². The van der Waals surface area contributed by atoms with Crippen LogP contribution in [0.5, 0.6) is 0 Å². The molecule has 2 aromatic heterocycles. The number of hydrogen-bond acceptors (Lipinski definition) is 4. The van der Waals surface area contributed by atoms with Crippen molar-refractivity contribution in [1.82, 2.24) is 18.8 Å². The van der Waals surface area contributed by atoms with E-state index in [2.05, 4.69) is 9.71 Å². The predicted octanol–water partition coefficient (Wildman–Crippen LogP) is 0.924. The predicted molar refractivity (Wildman–Crippen MR) is 86.3 cm³/mol. The molecule has 3 aromatic rings. The molecule has 0 amide bonds. The van der Waals surface area contributed by atoms with E-state index in [9.17, 15) is 13.5 Å². The molecule has 122 valence electrons. The maximum absolute atomic E-state index is 12.1. The van der Waals surface area contributed by atoms with Crippen LogP contribution >= 0.6 is 0 Å². The molecule has 1 aromatic carbocycles. The number of rotatable bonds is 5. The first-order valence-electron chi connectivity index (χ1n) is 7.07. The minimum absolute atomic E-state index is 0.0642. The average molecular weight is 334 g/mol. The van der Waals surface area contributed by atoms with Crippen LogP contribution in [0.25, 0.3) is 10.9 Å². The second-order valence-corrected chi connectivity index (χ2v) is 7.20. The number of aryl methyl sites for hydroxylation is 2. The smallest absolute Gasteiger partial charge is 0.259 e. The maximum atomic E-state index is 12.1. The van der Waals surface area contributed by atoms with E-state index in [0.717, 1.165) is 10.9 Å². The third-order valence-corrected chi connectivity index (χ3v) is 5.03. The molecule has 0 fully saturated rings. The van der Waals surface area contributed by atoms with Gasteiger partial charge < -0.3 is 14.2 Å². The number of hydrogen-bond donors (Lipinski definition) is 2. The van der Waals surface area contributed by atoms with Crippen molar-refractivity contribution in [2.75, 3.05) is 6.54 Å². The van der Waals surface area contributed by atoms with Crippen molar-refractivity contribution in [2.24, 2.45) is 14.1 Å². The molecule has 7 nitrogen and oxygen atoms in total. The fraction of sp³-hybridized carbons (Fsp3) is 0.267. The van der Waals surface area contributed by atoms with E-state index in [1.165, 1.54) is 12.5 Å². The van der Waals surface area contributed by atoms with Gasteiger partial charge in [0.15, 0.2) is 5.03 Å². The topological polar surface area (TPSA) is 89.2 Å². The average Bonchev–Trinajstić information content (AvgIpc) is 3.12. The number of sulfonamides is 1. The van der Waals surface area contributed by atoms with Gasteiger partial charge in [0, 0.05) is 38.6 Å². The number of imidazole rings is 1. The molecule has 0 saturated heterocycles. The fourth-order valence-corrected chi connectivity index (χ4v) is 3.43. The Bertz CT molecular complexity index is 943. The summed E-state index contributed by atoms with van der Waals surface area (Å²) < 4.78 is 30.1. The van der Waals surface area contributed by atoms with Crippen LogP contribution in [0.3, 0.4) is 0 Å². The highest BCUT2D eigenvalue weighted by Crippen LogP contribution is 2.21. The first-order chi connectivity index (χ1) is 10.9. The highest BCUT2D eigenvalue weighted by Gasteiger charge is 2.19. The Hall–Kier alpha value is -2.16. The standard InChI is InChI=1S/C15H18N4O3S/c1-18-9-15(16-10-18)23(21,22)17-8-14(20)12-3-4-13-11(7-12)5-6-19(13)2/h3-7,9-10,14,17,20H,8H2,1-2H3. The molecule has 2 N–H and O–H groups in total. The van der Waals surface area contributed by atoms with Crippen LogP contribution in [0.2, 0.25) is 0 Å². The summed E-state index contributed by atoms with van der Waals surface area (Å²) in [5, 5.41) is 11.2. The largest absolute Gasteiger partial charge is 0.387 e. The van der Waals surface area contributed by atoms with Crippen LogP contribution in [-0.4, -0.2) is 34.2 Å². The maximum Gasteiger partial charge on any atom is 0.259 e. The molecule has 0 aliphatic heterocycles. The highest BCUT2D eigenvalue weighted by atomic mass is 32.2. The van der Waals surface area contributed by atoms with Gasteiger partial charge in [0.05, 0.1) is 12.4 Å². The van der Waals surface area contributed by atoms with Gasteiger partial charge in [-0.25, -0.2) is 18.1 Å². The van der Waals surface area contributed by atoms with Gasteiger partial charge in [0.1, 0.15) is 0 Å².